The van der Waals surface area contributed by atoms with E-state index in [-0.39, 0.29) is 11.3 Å². The van der Waals surface area contributed by atoms with E-state index < -0.39 is 10.9 Å². The zero-order chi connectivity index (χ0) is 14.5. The van der Waals surface area contributed by atoms with Crippen LogP contribution in [0.2, 0.25) is 0 Å². The predicted octanol–water partition coefficient (Wildman–Crippen LogP) is 1.83. The minimum atomic E-state index is -0.521. The first kappa shape index (κ1) is 14.3. The normalized spacial score (nSPS) is 17.8. The van der Waals surface area contributed by atoms with Crippen molar-refractivity contribution in [2.24, 2.45) is 5.92 Å². The van der Waals surface area contributed by atoms with E-state index in [2.05, 4.69) is 10.1 Å². The first-order valence-corrected chi connectivity index (χ1v) is 6.30. The van der Waals surface area contributed by atoms with E-state index >= 15 is 0 Å². The van der Waals surface area contributed by atoms with E-state index in [1.54, 1.807) is 0 Å². The molecule has 0 saturated carbocycles. The topological polar surface area (TPSA) is 90.7 Å². The summed E-state index contributed by atoms with van der Waals surface area (Å²) >= 11 is 0. The summed E-state index contributed by atoms with van der Waals surface area (Å²) in [6.45, 7) is 1.94. The standard InChI is InChI=1S/C13H16N2O5/c1-19-13(16)10-2-3-12(15(17)18)11(6-10)14-7-9-4-5-20-8-9/h2-3,6,9,14H,4-5,7-8H2,1H3/t9-/m1/s1. The van der Waals surface area contributed by atoms with Gasteiger partial charge in [0.05, 0.1) is 24.2 Å². The van der Waals surface area contributed by atoms with Gasteiger partial charge in [0.15, 0.2) is 0 Å². The molecule has 1 atom stereocenters. The minimum absolute atomic E-state index is 0.0587. The molecule has 7 heteroatoms. The number of nitro benzene ring substituents is 1. The number of benzene rings is 1. The van der Waals surface area contributed by atoms with Gasteiger partial charge < -0.3 is 14.8 Å². The van der Waals surface area contributed by atoms with Gasteiger partial charge in [0.2, 0.25) is 0 Å². The molecule has 1 saturated heterocycles. The second kappa shape index (κ2) is 6.33. The van der Waals surface area contributed by atoms with Gasteiger partial charge in [-0.25, -0.2) is 4.79 Å². The number of rotatable bonds is 5. The summed E-state index contributed by atoms with van der Waals surface area (Å²) in [5.74, 6) is -0.191. The van der Waals surface area contributed by atoms with Crippen molar-refractivity contribution in [1.29, 1.82) is 0 Å². The summed E-state index contributed by atoms with van der Waals surface area (Å²) < 4.78 is 9.87. The molecule has 0 unspecified atom stereocenters. The Bertz CT molecular complexity index is 511. The maximum absolute atomic E-state index is 11.5. The molecular formula is C13H16N2O5. The number of esters is 1. The molecule has 1 fully saturated rings. The lowest BCUT2D eigenvalue weighted by molar-refractivity contribution is -0.384. The maximum Gasteiger partial charge on any atom is 0.337 e. The van der Waals surface area contributed by atoms with Crippen LogP contribution in [0.1, 0.15) is 16.8 Å². The molecule has 0 amide bonds. The number of carbonyl (C=O) groups is 1. The van der Waals surface area contributed by atoms with Crippen LogP contribution in [-0.2, 0) is 9.47 Å². The maximum atomic E-state index is 11.5. The van der Waals surface area contributed by atoms with E-state index in [1.165, 1.54) is 25.3 Å². The predicted molar refractivity (Wildman–Crippen MR) is 71.9 cm³/mol. The van der Waals surface area contributed by atoms with Crippen LogP contribution >= 0.6 is 0 Å². The van der Waals surface area contributed by atoms with Crippen LogP contribution in [0.3, 0.4) is 0 Å². The fourth-order valence-corrected chi connectivity index (χ4v) is 2.08. The Morgan fingerprint density at radius 2 is 2.40 bits per heavy atom. The van der Waals surface area contributed by atoms with Gasteiger partial charge in [-0.15, -0.1) is 0 Å². The lowest BCUT2D eigenvalue weighted by Crippen LogP contribution is -2.15. The average molecular weight is 280 g/mol. The largest absolute Gasteiger partial charge is 0.465 e. The van der Waals surface area contributed by atoms with Gasteiger partial charge in [-0.05, 0) is 18.6 Å². The number of carbonyl (C=O) groups excluding carboxylic acids is 1. The van der Waals surface area contributed by atoms with Crippen molar-refractivity contribution >= 4 is 17.3 Å². The van der Waals surface area contributed by atoms with E-state index in [9.17, 15) is 14.9 Å². The van der Waals surface area contributed by atoms with E-state index in [0.29, 0.717) is 24.8 Å². The van der Waals surface area contributed by atoms with Crippen molar-refractivity contribution in [2.45, 2.75) is 6.42 Å². The molecule has 1 aromatic rings. The number of nitrogens with zero attached hydrogens (tertiary/aromatic N) is 1. The molecule has 7 nitrogen and oxygen atoms in total. The fourth-order valence-electron chi connectivity index (χ4n) is 2.08. The van der Waals surface area contributed by atoms with Crippen LogP contribution in [-0.4, -0.2) is 37.8 Å². The van der Waals surface area contributed by atoms with Crippen LogP contribution in [0.15, 0.2) is 18.2 Å². The molecule has 1 aliphatic heterocycles. The molecule has 108 valence electrons. The molecule has 2 rings (SSSR count). The summed E-state index contributed by atoms with van der Waals surface area (Å²) in [6.07, 6.45) is 0.928. The van der Waals surface area contributed by atoms with Crippen molar-refractivity contribution in [2.75, 3.05) is 32.2 Å². The number of methoxy groups -OCH3 is 1. The van der Waals surface area contributed by atoms with Gasteiger partial charge in [0.1, 0.15) is 5.69 Å². The van der Waals surface area contributed by atoms with Crippen LogP contribution in [0, 0.1) is 16.0 Å². The van der Waals surface area contributed by atoms with Crippen molar-refractivity contribution in [3.8, 4) is 0 Å². The van der Waals surface area contributed by atoms with Crippen molar-refractivity contribution < 1.29 is 19.2 Å². The Hall–Kier alpha value is -2.15. The average Bonchev–Trinajstić information content (AvgIpc) is 2.97. The molecule has 20 heavy (non-hydrogen) atoms. The lowest BCUT2D eigenvalue weighted by Gasteiger charge is -2.11. The van der Waals surface area contributed by atoms with Gasteiger partial charge >= 0.3 is 5.97 Å². The Morgan fingerprint density at radius 3 is 3.00 bits per heavy atom. The Kier molecular flexibility index (Phi) is 4.52. The first-order valence-electron chi connectivity index (χ1n) is 6.30. The summed E-state index contributed by atoms with van der Waals surface area (Å²) in [5.41, 5.74) is 0.546. The van der Waals surface area contributed by atoms with Gasteiger partial charge in [-0.1, -0.05) is 0 Å². The lowest BCUT2D eigenvalue weighted by atomic mass is 10.1. The summed E-state index contributed by atoms with van der Waals surface area (Å²) in [5, 5.41) is 14.0. The number of nitrogens with one attached hydrogen (secondary N) is 1. The van der Waals surface area contributed by atoms with Crippen LogP contribution in [0.25, 0.3) is 0 Å². The van der Waals surface area contributed by atoms with E-state index in [1.807, 2.05) is 0 Å². The second-order valence-electron chi connectivity index (χ2n) is 4.59. The van der Waals surface area contributed by atoms with E-state index in [0.717, 1.165) is 13.0 Å². The third-order valence-electron chi connectivity index (χ3n) is 3.22. The van der Waals surface area contributed by atoms with Crippen LogP contribution in [0.5, 0.6) is 0 Å². The molecule has 0 aliphatic carbocycles. The summed E-state index contributed by atoms with van der Waals surface area (Å²) in [4.78, 5) is 22.0. The monoisotopic (exact) mass is 280 g/mol. The van der Waals surface area contributed by atoms with Crippen molar-refractivity contribution in [1.82, 2.24) is 0 Å². The van der Waals surface area contributed by atoms with Crippen LogP contribution in [0.4, 0.5) is 11.4 Å². The molecule has 0 radical (unpaired) electrons. The number of ether oxygens (including phenoxy) is 2. The van der Waals surface area contributed by atoms with E-state index in [4.69, 9.17) is 4.74 Å². The number of hydrogen-bond donors (Lipinski definition) is 1. The zero-order valence-corrected chi connectivity index (χ0v) is 11.1. The zero-order valence-electron chi connectivity index (χ0n) is 11.1. The molecule has 0 bridgehead atoms. The molecule has 0 aromatic heterocycles. The Balaban J connectivity index is 2.17. The number of anilines is 1. The Labute approximate surface area is 116 Å². The third kappa shape index (κ3) is 3.24. The molecule has 0 spiro atoms. The molecule has 1 aromatic carbocycles. The molecule has 1 N–H and O–H groups in total. The SMILES string of the molecule is COC(=O)c1ccc([N+](=O)[O-])c(NC[C@H]2CCOC2)c1. The highest BCUT2D eigenvalue weighted by molar-refractivity contribution is 5.91. The Morgan fingerprint density at radius 1 is 1.60 bits per heavy atom. The van der Waals surface area contributed by atoms with Gasteiger partial charge in [0.25, 0.3) is 5.69 Å². The van der Waals surface area contributed by atoms with Gasteiger partial charge in [0, 0.05) is 25.1 Å². The molecular weight excluding hydrogens is 264 g/mol. The smallest absolute Gasteiger partial charge is 0.337 e. The summed E-state index contributed by atoms with van der Waals surface area (Å²) in [6, 6.07) is 4.13. The van der Waals surface area contributed by atoms with Crippen LogP contribution < -0.4 is 5.32 Å². The quantitative estimate of drug-likeness (QED) is 0.502. The third-order valence-corrected chi connectivity index (χ3v) is 3.22. The van der Waals surface area contributed by atoms with Crippen molar-refractivity contribution in [3.05, 3.63) is 33.9 Å². The van der Waals surface area contributed by atoms with Gasteiger partial charge in [-0.2, -0.15) is 0 Å². The second-order valence-corrected chi connectivity index (χ2v) is 4.59. The molecule has 1 aliphatic rings. The number of hydrogen-bond acceptors (Lipinski definition) is 6. The van der Waals surface area contributed by atoms with Crippen molar-refractivity contribution in [3.63, 3.8) is 0 Å². The highest BCUT2D eigenvalue weighted by Gasteiger charge is 2.20. The first-order chi connectivity index (χ1) is 9.61. The highest BCUT2D eigenvalue weighted by atomic mass is 16.6. The minimum Gasteiger partial charge on any atom is -0.465 e. The highest BCUT2D eigenvalue weighted by Crippen LogP contribution is 2.26. The van der Waals surface area contributed by atoms with Gasteiger partial charge in [-0.3, -0.25) is 10.1 Å². The number of nitro groups is 1. The molecule has 1 heterocycles. The summed E-state index contributed by atoms with van der Waals surface area (Å²) in [7, 11) is 1.27. The fraction of sp³-hybridized carbons (Fsp3) is 0.462.